The second-order valence-electron chi connectivity index (χ2n) is 5.57. The first kappa shape index (κ1) is 18.7. The number of nitrogens with zero attached hydrogens (tertiary/aromatic N) is 1. The molecule has 0 fully saturated rings. The molecule has 0 saturated carbocycles. The molecule has 0 spiro atoms. The SMILES string of the molecule is COc1ccc(CCNCCC(=O)NCc2ccncc2)cc1OC. The van der Waals surface area contributed by atoms with Crippen LogP contribution in [0.2, 0.25) is 0 Å². The second kappa shape index (κ2) is 10.3. The Morgan fingerprint density at radius 3 is 2.48 bits per heavy atom. The van der Waals surface area contributed by atoms with Gasteiger partial charge in [-0.25, -0.2) is 0 Å². The summed E-state index contributed by atoms with van der Waals surface area (Å²) in [5.41, 5.74) is 2.21. The van der Waals surface area contributed by atoms with Crippen LogP contribution in [0.5, 0.6) is 11.5 Å². The van der Waals surface area contributed by atoms with E-state index in [1.165, 1.54) is 0 Å². The minimum atomic E-state index is 0.0374. The van der Waals surface area contributed by atoms with Gasteiger partial charge < -0.3 is 20.1 Å². The quantitative estimate of drug-likeness (QED) is 0.645. The van der Waals surface area contributed by atoms with Crippen LogP contribution < -0.4 is 20.1 Å². The normalized spacial score (nSPS) is 10.3. The van der Waals surface area contributed by atoms with E-state index in [2.05, 4.69) is 15.6 Å². The molecule has 2 aromatic rings. The van der Waals surface area contributed by atoms with Crippen molar-refractivity contribution >= 4 is 5.91 Å². The Morgan fingerprint density at radius 1 is 1.00 bits per heavy atom. The molecule has 1 heterocycles. The summed E-state index contributed by atoms with van der Waals surface area (Å²) < 4.78 is 10.5. The number of hydrogen-bond acceptors (Lipinski definition) is 5. The zero-order chi connectivity index (χ0) is 17.9. The number of pyridine rings is 1. The number of methoxy groups -OCH3 is 2. The zero-order valence-electron chi connectivity index (χ0n) is 14.7. The van der Waals surface area contributed by atoms with E-state index in [-0.39, 0.29) is 5.91 Å². The van der Waals surface area contributed by atoms with E-state index in [9.17, 15) is 4.79 Å². The molecule has 134 valence electrons. The zero-order valence-corrected chi connectivity index (χ0v) is 14.7. The monoisotopic (exact) mass is 343 g/mol. The van der Waals surface area contributed by atoms with Gasteiger partial charge in [-0.05, 0) is 48.4 Å². The fourth-order valence-electron chi connectivity index (χ4n) is 2.39. The van der Waals surface area contributed by atoms with Crippen LogP contribution in [-0.4, -0.2) is 38.2 Å². The first-order chi connectivity index (χ1) is 12.2. The maximum atomic E-state index is 11.8. The molecule has 1 aromatic heterocycles. The largest absolute Gasteiger partial charge is 0.493 e. The Morgan fingerprint density at radius 2 is 1.76 bits per heavy atom. The Labute approximate surface area is 148 Å². The van der Waals surface area contributed by atoms with E-state index >= 15 is 0 Å². The number of rotatable bonds is 10. The molecule has 25 heavy (non-hydrogen) atoms. The summed E-state index contributed by atoms with van der Waals surface area (Å²) in [5.74, 6) is 1.50. The number of hydrogen-bond donors (Lipinski definition) is 2. The first-order valence-electron chi connectivity index (χ1n) is 8.30. The van der Waals surface area contributed by atoms with Gasteiger partial charge >= 0.3 is 0 Å². The van der Waals surface area contributed by atoms with Crippen LogP contribution in [-0.2, 0) is 17.8 Å². The number of benzene rings is 1. The van der Waals surface area contributed by atoms with Gasteiger partial charge in [0.05, 0.1) is 14.2 Å². The molecule has 0 unspecified atom stereocenters. The van der Waals surface area contributed by atoms with E-state index in [0.717, 1.165) is 35.6 Å². The summed E-state index contributed by atoms with van der Waals surface area (Å²) in [6.45, 7) is 1.98. The summed E-state index contributed by atoms with van der Waals surface area (Å²) in [7, 11) is 3.25. The highest BCUT2D eigenvalue weighted by atomic mass is 16.5. The van der Waals surface area contributed by atoms with Crippen molar-refractivity contribution in [1.82, 2.24) is 15.6 Å². The average molecular weight is 343 g/mol. The van der Waals surface area contributed by atoms with Crippen molar-refractivity contribution < 1.29 is 14.3 Å². The summed E-state index contributed by atoms with van der Waals surface area (Å²) in [5, 5.41) is 6.18. The Hall–Kier alpha value is -2.60. The molecule has 0 atom stereocenters. The van der Waals surface area contributed by atoms with Gasteiger partial charge in [0.15, 0.2) is 11.5 Å². The second-order valence-corrected chi connectivity index (χ2v) is 5.57. The third-order valence-corrected chi connectivity index (χ3v) is 3.81. The smallest absolute Gasteiger partial charge is 0.221 e. The maximum Gasteiger partial charge on any atom is 0.221 e. The number of carbonyl (C=O) groups is 1. The molecule has 0 bridgehead atoms. The lowest BCUT2D eigenvalue weighted by Crippen LogP contribution is -2.28. The topological polar surface area (TPSA) is 72.5 Å². The molecule has 0 aliphatic heterocycles. The van der Waals surface area contributed by atoms with Gasteiger partial charge in [-0.3, -0.25) is 9.78 Å². The third kappa shape index (κ3) is 6.43. The van der Waals surface area contributed by atoms with Crippen molar-refractivity contribution in [2.45, 2.75) is 19.4 Å². The molecule has 6 nitrogen and oxygen atoms in total. The van der Waals surface area contributed by atoms with Crippen molar-refractivity contribution in [3.63, 3.8) is 0 Å². The number of amides is 1. The van der Waals surface area contributed by atoms with E-state index < -0.39 is 0 Å². The van der Waals surface area contributed by atoms with Crippen molar-refractivity contribution in [3.05, 3.63) is 53.9 Å². The van der Waals surface area contributed by atoms with Gasteiger partial charge in [0.25, 0.3) is 0 Å². The number of ether oxygens (including phenoxy) is 2. The van der Waals surface area contributed by atoms with Crippen LogP contribution in [0.4, 0.5) is 0 Å². The van der Waals surface area contributed by atoms with Crippen LogP contribution in [0.3, 0.4) is 0 Å². The van der Waals surface area contributed by atoms with E-state index in [0.29, 0.717) is 19.5 Å². The molecule has 0 aliphatic carbocycles. The molecule has 2 rings (SSSR count). The van der Waals surface area contributed by atoms with Gasteiger partial charge in [-0.2, -0.15) is 0 Å². The Bertz CT molecular complexity index is 662. The summed E-state index contributed by atoms with van der Waals surface area (Å²) in [6.07, 6.45) is 4.75. The van der Waals surface area contributed by atoms with Crippen molar-refractivity contribution in [1.29, 1.82) is 0 Å². The lowest BCUT2D eigenvalue weighted by Gasteiger charge is -2.10. The Balaban J connectivity index is 1.62. The molecule has 0 aliphatic rings. The first-order valence-corrected chi connectivity index (χ1v) is 8.30. The standard InChI is InChI=1S/C19H25N3O3/c1-24-17-4-3-15(13-18(17)25-2)5-9-21-12-8-19(23)22-14-16-6-10-20-11-7-16/h3-4,6-7,10-11,13,21H,5,8-9,12,14H2,1-2H3,(H,22,23). The third-order valence-electron chi connectivity index (χ3n) is 3.81. The average Bonchev–Trinajstić information content (AvgIpc) is 2.66. The molecular weight excluding hydrogens is 318 g/mol. The van der Waals surface area contributed by atoms with Gasteiger partial charge in [0.2, 0.25) is 5.91 Å². The lowest BCUT2D eigenvalue weighted by molar-refractivity contribution is -0.121. The maximum absolute atomic E-state index is 11.8. The van der Waals surface area contributed by atoms with Crippen LogP contribution >= 0.6 is 0 Å². The van der Waals surface area contributed by atoms with E-state index in [4.69, 9.17) is 9.47 Å². The molecular formula is C19H25N3O3. The van der Waals surface area contributed by atoms with Gasteiger partial charge in [-0.15, -0.1) is 0 Å². The van der Waals surface area contributed by atoms with Crippen LogP contribution in [0.1, 0.15) is 17.5 Å². The fraction of sp³-hybridized carbons (Fsp3) is 0.368. The minimum Gasteiger partial charge on any atom is -0.493 e. The number of aromatic nitrogens is 1. The highest BCUT2D eigenvalue weighted by Gasteiger charge is 2.05. The summed E-state index contributed by atoms with van der Waals surface area (Å²) in [4.78, 5) is 15.8. The fourth-order valence-corrected chi connectivity index (χ4v) is 2.39. The predicted molar refractivity (Wildman–Crippen MR) is 96.8 cm³/mol. The van der Waals surface area contributed by atoms with Crippen molar-refractivity contribution in [2.24, 2.45) is 0 Å². The van der Waals surface area contributed by atoms with Crippen molar-refractivity contribution in [2.75, 3.05) is 27.3 Å². The number of carbonyl (C=O) groups excluding carboxylic acids is 1. The molecule has 0 radical (unpaired) electrons. The van der Waals surface area contributed by atoms with E-state index in [1.54, 1.807) is 26.6 Å². The molecule has 6 heteroatoms. The van der Waals surface area contributed by atoms with Crippen LogP contribution in [0, 0.1) is 0 Å². The van der Waals surface area contributed by atoms with Gasteiger partial charge in [0.1, 0.15) is 0 Å². The summed E-state index contributed by atoms with van der Waals surface area (Å²) in [6, 6.07) is 9.68. The van der Waals surface area contributed by atoms with E-state index in [1.807, 2.05) is 30.3 Å². The molecule has 0 saturated heterocycles. The molecule has 1 amide bonds. The Kier molecular flexibility index (Phi) is 7.72. The van der Waals surface area contributed by atoms with Gasteiger partial charge in [-0.1, -0.05) is 6.07 Å². The highest BCUT2D eigenvalue weighted by molar-refractivity contribution is 5.76. The lowest BCUT2D eigenvalue weighted by atomic mass is 10.1. The van der Waals surface area contributed by atoms with Crippen LogP contribution in [0.15, 0.2) is 42.7 Å². The predicted octanol–water partition coefficient (Wildman–Crippen LogP) is 1.94. The van der Waals surface area contributed by atoms with Crippen molar-refractivity contribution in [3.8, 4) is 11.5 Å². The highest BCUT2D eigenvalue weighted by Crippen LogP contribution is 2.27. The molecule has 2 N–H and O–H groups in total. The minimum absolute atomic E-state index is 0.0374. The van der Waals surface area contributed by atoms with Crippen LogP contribution in [0.25, 0.3) is 0 Å². The number of nitrogens with one attached hydrogen (secondary N) is 2. The van der Waals surface area contributed by atoms with Gasteiger partial charge in [0, 0.05) is 31.9 Å². The molecule has 1 aromatic carbocycles. The summed E-state index contributed by atoms with van der Waals surface area (Å²) >= 11 is 0.